The van der Waals surface area contributed by atoms with Crippen molar-refractivity contribution in [1.29, 1.82) is 0 Å². The van der Waals surface area contributed by atoms with Crippen LogP contribution in [-0.2, 0) is 0 Å². The van der Waals surface area contributed by atoms with E-state index in [2.05, 4.69) is 32.9 Å². The summed E-state index contributed by atoms with van der Waals surface area (Å²) in [7, 11) is 1.57. The highest BCUT2D eigenvalue weighted by molar-refractivity contribution is 14.1. The minimum absolute atomic E-state index is 0.257. The Bertz CT molecular complexity index is 1190. The van der Waals surface area contributed by atoms with Crippen LogP contribution < -0.4 is 10.1 Å². The Morgan fingerprint density at radius 1 is 1.22 bits per heavy atom. The molecule has 0 radical (unpaired) electrons. The van der Waals surface area contributed by atoms with Gasteiger partial charge in [-0.2, -0.15) is 0 Å². The number of amides is 1. The van der Waals surface area contributed by atoms with Gasteiger partial charge in [0.25, 0.3) is 5.91 Å². The van der Waals surface area contributed by atoms with Crippen LogP contribution in [0.25, 0.3) is 21.9 Å². The van der Waals surface area contributed by atoms with E-state index in [-0.39, 0.29) is 16.0 Å². The van der Waals surface area contributed by atoms with E-state index in [9.17, 15) is 4.79 Å². The van der Waals surface area contributed by atoms with Gasteiger partial charge >= 0.3 is 0 Å². The summed E-state index contributed by atoms with van der Waals surface area (Å²) in [5.41, 5.74) is 1.93. The number of halogens is 3. The number of carbonyl (C=O) groups is 1. The zero-order valence-electron chi connectivity index (χ0n) is 13.8. The summed E-state index contributed by atoms with van der Waals surface area (Å²) in [5, 5.41) is 4.78. The highest BCUT2D eigenvalue weighted by Gasteiger charge is 2.23. The summed E-state index contributed by atoms with van der Waals surface area (Å²) in [6.07, 6.45) is 2.84. The molecule has 0 saturated heterocycles. The summed E-state index contributed by atoms with van der Waals surface area (Å²) in [6, 6.07) is 9.26. The highest BCUT2D eigenvalue weighted by atomic mass is 127. The van der Waals surface area contributed by atoms with Crippen molar-refractivity contribution < 1.29 is 13.9 Å². The van der Waals surface area contributed by atoms with E-state index < -0.39 is 0 Å². The second-order valence-corrected chi connectivity index (χ2v) is 7.65. The van der Waals surface area contributed by atoms with Crippen molar-refractivity contribution in [3.63, 3.8) is 0 Å². The van der Waals surface area contributed by atoms with Crippen molar-refractivity contribution in [1.82, 2.24) is 4.98 Å². The number of furan rings is 1. The van der Waals surface area contributed by atoms with Gasteiger partial charge in [0.1, 0.15) is 5.58 Å². The Hall–Kier alpha value is -2.03. The molecule has 0 aliphatic heterocycles. The Morgan fingerprint density at radius 2 is 1.93 bits per heavy atom. The molecule has 0 bridgehead atoms. The normalized spacial score (nSPS) is 11.1. The Morgan fingerprint density at radius 3 is 2.63 bits per heavy atom. The van der Waals surface area contributed by atoms with Crippen LogP contribution >= 0.6 is 45.8 Å². The quantitative estimate of drug-likeness (QED) is 0.334. The van der Waals surface area contributed by atoms with Gasteiger partial charge in [-0.15, -0.1) is 0 Å². The summed E-state index contributed by atoms with van der Waals surface area (Å²) >= 11 is 14.4. The number of nitrogens with zero attached hydrogens (tertiary/aromatic N) is 1. The van der Waals surface area contributed by atoms with Crippen LogP contribution in [0.1, 0.15) is 10.4 Å². The molecule has 4 aromatic rings. The number of pyridine rings is 1. The van der Waals surface area contributed by atoms with Crippen LogP contribution in [0.15, 0.2) is 47.1 Å². The lowest BCUT2D eigenvalue weighted by molar-refractivity contribution is 0.102. The van der Waals surface area contributed by atoms with Crippen molar-refractivity contribution in [2.75, 3.05) is 12.4 Å². The average molecular weight is 513 g/mol. The number of rotatable bonds is 3. The Labute approximate surface area is 177 Å². The van der Waals surface area contributed by atoms with Gasteiger partial charge in [0.2, 0.25) is 0 Å². The van der Waals surface area contributed by atoms with Crippen LogP contribution in [0.5, 0.6) is 5.75 Å². The van der Waals surface area contributed by atoms with Gasteiger partial charge < -0.3 is 14.5 Å². The number of para-hydroxylation sites is 1. The van der Waals surface area contributed by atoms with E-state index in [1.54, 1.807) is 13.2 Å². The first kappa shape index (κ1) is 18.3. The molecule has 1 N–H and O–H groups in total. The molecule has 0 spiro atoms. The predicted molar refractivity (Wildman–Crippen MR) is 115 cm³/mol. The molecule has 8 heteroatoms. The topological polar surface area (TPSA) is 64.4 Å². The van der Waals surface area contributed by atoms with Crippen molar-refractivity contribution >= 4 is 79.3 Å². The number of carbonyl (C=O) groups excluding carboxylic acids is 1. The molecule has 0 aliphatic rings. The van der Waals surface area contributed by atoms with E-state index in [4.69, 9.17) is 32.4 Å². The number of hydrogen-bond acceptors (Lipinski definition) is 4. The van der Waals surface area contributed by atoms with Gasteiger partial charge in [-0.3, -0.25) is 9.78 Å². The number of hydrogen-bond donors (Lipinski definition) is 1. The predicted octanol–water partition coefficient (Wildman–Crippen LogP) is 6.15. The molecule has 136 valence electrons. The first-order valence-electron chi connectivity index (χ1n) is 7.79. The second kappa shape index (κ2) is 7.18. The van der Waals surface area contributed by atoms with Gasteiger partial charge in [0.15, 0.2) is 11.3 Å². The number of methoxy groups -OCH3 is 1. The summed E-state index contributed by atoms with van der Waals surface area (Å²) in [4.78, 5) is 17.0. The molecule has 0 unspecified atom stereocenters. The first-order valence-corrected chi connectivity index (χ1v) is 9.62. The van der Waals surface area contributed by atoms with Crippen LogP contribution in [0, 0.1) is 3.57 Å². The number of nitrogens with one attached hydrogen (secondary N) is 1. The van der Waals surface area contributed by atoms with E-state index in [0.29, 0.717) is 33.6 Å². The third-order valence-corrected chi connectivity index (χ3v) is 5.47. The molecular formula is C19H11Cl2IN2O3. The fourth-order valence-electron chi connectivity index (χ4n) is 2.93. The third-order valence-electron chi connectivity index (χ3n) is 4.10. The van der Waals surface area contributed by atoms with E-state index in [1.807, 2.05) is 24.3 Å². The van der Waals surface area contributed by atoms with Gasteiger partial charge in [0, 0.05) is 23.2 Å². The van der Waals surface area contributed by atoms with E-state index in [1.165, 1.54) is 12.4 Å². The number of aromatic nitrogens is 1. The highest BCUT2D eigenvalue weighted by Crippen LogP contribution is 2.40. The summed E-state index contributed by atoms with van der Waals surface area (Å²) < 4.78 is 12.2. The third kappa shape index (κ3) is 3.11. The smallest absolute Gasteiger partial charge is 0.256 e. The average Bonchev–Trinajstić information content (AvgIpc) is 3.03. The van der Waals surface area contributed by atoms with Gasteiger partial charge in [-0.1, -0.05) is 41.4 Å². The molecule has 0 atom stereocenters. The number of anilines is 1. The monoisotopic (exact) mass is 512 g/mol. The molecule has 5 nitrogen and oxygen atoms in total. The molecule has 4 rings (SSSR count). The van der Waals surface area contributed by atoms with Crippen LogP contribution in [-0.4, -0.2) is 18.0 Å². The van der Waals surface area contributed by atoms with Crippen LogP contribution in [0.2, 0.25) is 10.0 Å². The van der Waals surface area contributed by atoms with Gasteiger partial charge in [-0.25, -0.2) is 0 Å². The lowest BCUT2D eigenvalue weighted by atomic mass is 10.0. The maximum atomic E-state index is 13.1. The van der Waals surface area contributed by atoms with E-state index in [0.717, 1.165) is 8.96 Å². The molecule has 27 heavy (non-hydrogen) atoms. The molecule has 2 heterocycles. The maximum Gasteiger partial charge on any atom is 0.256 e. The summed E-state index contributed by atoms with van der Waals surface area (Å²) in [5.74, 6) is 0.223. The zero-order chi connectivity index (χ0) is 19.1. The SMILES string of the molecule is COc1c(I)cc(C(=O)Nc2c(Cl)cncc2Cl)c2c1oc1ccccc12. The molecule has 2 aromatic carbocycles. The van der Waals surface area contributed by atoms with Gasteiger partial charge in [0.05, 0.1) is 32.0 Å². The van der Waals surface area contributed by atoms with Crippen LogP contribution in [0.3, 0.4) is 0 Å². The molecule has 1 amide bonds. The van der Waals surface area contributed by atoms with E-state index >= 15 is 0 Å². The molecule has 0 fully saturated rings. The van der Waals surface area contributed by atoms with Crippen molar-refractivity contribution in [2.45, 2.75) is 0 Å². The van der Waals surface area contributed by atoms with Crippen LogP contribution in [0.4, 0.5) is 5.69 Å². The van der Waals surface area contributed by atoms with Crippen molar-refractivity contribution in [3.8, 4) is 5.75 Å². The Kier molecular flexibility index (Phi) is 4.88. The minimum atomic E-state index is -0.359. The molecule has 2 aromatic heterocycles. The minimum Gasteiger partial charge on any atom is -0.492 e. The fraction of sp³-hybridized carbons (Fsp3) is 0.0526. The van der Waals surface area contributed by atoms with Gasteiger partial charge in [-0.05, 0) is 34.7 Å². The number of fused-ring (bicyclic) bond motifs is 3. The lowest BCUT2D eigenvalue weighted by Crippen LogP contribution is -2.13. The number of ether oxygens (including phenoxy) is 1. The standard InChI is InChI=1S/C19H11Cl2IN2O3/c1-26-17-13(22)6-10(15-9-4-2-3-5-14(9)27-18(15)17)19(25)24-16-11(20)7-23-8-12(16)21/h2-8H,1H3,(H,23,24,25). The number of benzene rings is 2. The molecule has 0 saturated carbocycles. The Balaban J connectivity index is 1.94. The lowest BCUT2D eigenvalue weighted by Gasteiger charge is -2.11. The fourth-order valence-corrected chi connectivity index (χ4v) is 4.16. The summed E-state index contributed by atoms with van der Waals surface area (Å²) in [6.45, 7) is 0. The first-order chi connectivity index (χ1) is 13.0. The second-order valence-electron chi connectivity index (χ2n) is 5.67. The maximum absolute atomic E-state index is 13.1. The molecular weight excluding hydrogens is 502 g/mol. The van der Waals surface area contributed by atoms with Crippen molar-refractivity contribution in [2.24, 2.45) is 0 Å². The largest absolute Gasteiger partial charge is 0.492 e. The van der Waals surface area contributed by atoms with Crippen molar-refractivity contribution in [3.05, 3.63) is 61.9 Å². The zero-order valence-corrected chi connectivity index (χ0v) is 17.5. The molecule has 0 aliphatic carbocycles.